The summed E-state index contributed by atoms with van der Waals surface area (Å²) in [6, 6.07) is 1.90. The van der Waals surface area contributed by atoms with E-state index in [1.807, 2.05) is 0 Å². The first-order chi connectivity index (χ1) is 10.1. The monoisotopic (exact) mass is 332 g/mol. The van der Waals surface area contributed by atoms with E-state index in [0.29, 0.717) is 0 Å². The average molecular weight is 333 g/mol. The summed E-state index contributed by atoms with van der Waals surface area (Å²) in [4.78, 5) is 12.2. The fourth-order valence-corrected chi connectivity index (χ4v) is 3.20. The molecular formula is C15H19ClF2N2O2. The van der Waals surface area contributed by atoms with Gasteiger partial charge in [-0.05, 0) is 37.8 Å². The molecule has 0 bridgehead atoms. The van der Waals surface area contributed by atoms with Crippen molar-refractivity contribution in [3.05, 3.63) is 23.8 Å². The van der Waals surface area contributed by atoms with Gasteiger partial charge in [0.2, 0.25) is 5.91 Å². The van der Waals surface area contributed by atoms with Crippen LogP contribution in [0, 0.1) is 23.0 Å². The van der Waals surface area contributed by atoms with Gasteiger partial charge in [-0.1, -0.05) is 0 Å². The van der Waals surface area contributed by atoms with Gasteiger partial charge in [0.05, 0.1) is 12.8 Å². The van der Waals surface area contributed by atoms with Gasteiger partial charge in [-0.3, -0.25) is 4.79 Å². The second kappa shape index (κ2) is 6.38. The van der Waals surface area contributed by atoms with Gasteiger partial charge >= 0.3 is 0 Å². The number of hydrogen-bond acceptors (Lipinski definition) is 3. The molecule has 1 aromatic rings. The Labute approximate surface area is 134 Å². The van der Waals surface area contributed by atoms with E-state index in [0.717, 1.165) is 44.5 Å². The SMILES string of the molecule is COc1cc(F)c(NC(=O)C2CC23CCNCC3)cc1F.Cl. The zero-order valence-corrected chi connectivity index (χ0v) is 13.1. The molecule has 1 saturated carbocycles. The van der Waals surface area contributed by atoms with E-state index < -0.39 is 11.6 Å². The summed E-state index contributed by atoms with van der Waals surface area (Å²) >= 11 is 0. The van der Waals surface area contributed by atoms with Gasteiger partial charge < -0.3 is 15.4 Å². The third-order valence-corrected chi connectivity index (χ3v) is 4.60. The Morgan fingerprint density at radius 2 is 2.00 bits per heavy atom. The molecule has 2 aliphatic rings. The maximum atomic E-state index is 13.8. The van der Waals surface area contributed by atoms with Crippen LogP contribution in [0.1, 0.15) is 19.3 Å². The lowest BCUT2D eigenvalue weighted by atomic mass is 9.92. The number of benzene rings is 1. The number of hydrogen-bond donors (Lipinski definition) is 2. The van der Waals surface area contributed by atoms with Gasteiger partial charge in [-0.2, -0.15) is 0 Å². The van der Waals surface area contributed by atoms with Crippen molar-refractivity contribution in [3.63, 3.8) is 0 Å². The molecule has 2 fully saturated rings. The van der Waals surface area contributed by atoms with Crippen LogP contribution in [-0.4, -0.2) is 26.1 Å². The van der Waals surface area contributed by atoms with Crippen LogP contribution in [0.25, 0.3) is 0 Å². The summed E-state index contributed by atoms with van der Waals surface area (Å²) in [5.74, 6) is -1.88. The molecule has 7 heteroatoms. The molecule has 2 N–H and O–H groups in total. The highest BCUT2D eigenvalue weighted by atomic mass is 35.5. The number of halogens is 3. The fraction of sp³-hybridized carbons (Fsp3) is 0.533. The molecular weight excluding hydrogens is 314 g/mol. The van der Waals surface area contributed by atoms with E-state index >= 15 is 0 Å². The predicted octanol–water partition coefficient (Wildman–Crippen LogP) is 2.72. The number of piperidine rings is 1. The number of rotatable bonds is 3. The van der Waals surface area contributed by atoms with Gasteiger partial charge in [-0.25, -0.2) is 8.78 Å². The Balaban J connectivity index is 0.00000176. The van der Waals surface area contributed by atoms with Crippen molar-refractivity contribution in [1.29, 1.82) is 0 Å². The van der Waals surface area contributed by atoms with Crippen molar-refractivity contribution in [2.45, 2.75) is 19.3 Å². The number of nitrogens with one attached hydrogen (secondary N) is 2. The van der Waals surface area contributed by atoms with Crippen molar-refractivity contribution in [2.75, 3.05) is 25.5 Å². The highest BCUT2D eigenvalue weighted by Gasteiger charge is 2.57. The minimum atomic E-state index is -0.693. The quantitative estimate of drug-likeness (QED) is 0.895. The van der Waals surface area contributed by atoms with Gasteiger partial charge in [0.15, 0.2) is 17.4 Å². The van der Waals surface area contributed by atoms with Crippen molar-refractivity contribution >= 4 is 24.0 Å². The number of anilines is 1. The normalized spacial score (nSPS) is 21.9. The molecule has 1 unspecified atom stereocenters. The van der Waals surface area contributed by atoms with Gasteiger partial charge in [0, 0.05) is 18.1 Å². The topological polar surface area (TPSA) is 50.4 Å². The molecule has 1 atom stereocenters. The Hall–Kier alpha value is -1.40. The lowest BCUT2D eigenvalue weighted by Crippen LogP contribution is -2.31. The zero-order chi connectivity index (χ0) is 15.0. The van der Waals surface area contributed by atoms with Gasteiger partial charge in [0.1, 0.15) is 0 Å². The van der Waals surface area contributed by atoms with E-state index in [4.69, 9.17) is 4.74 Å². The smallest absolute Gasteiger partial charge is 0.228 e. The first-order valence-corrected chi connectivity index (χ1v) is 7.10. The Morgan fingerprint density at radius 3 is 2.64 bits per heavy atom. The predicted molar refractivity (Wildman–Crippen MR) is 81.4 cm³/mol. The average Bonchev–Trinajstić information content (AvgIpc) is 3.16. The van der Waals surface area contributed by atoms with Crippen molar-refractivity contribution in [1.82, 2.24) is 5.32 Å². The first-order valence-electron chi connectivity index (χ1n) is 7.10. The molecule has 122 valence electrons. The molecule has 1 aromatic carbocycles. The van der Waals surface area contributed by atoms with Crippen LogP contribution in [0.5, 0.6) is 5.75 Å². The van der Waals surface area contributed by atoms with Crippen molar-refractivity contribution < 1.29 is 18.3 Å². The maximum absolute atomic E-state index is 13.8. The molecule has 1 spiro atoms. The molecule has 0 aromatic heterocycles. The molecule has 1 heterocycles. The first kappa shape index (κ1) is 17.0. The number of amides is 1. The van der Waals surface area contributed by atoms with Crippen LogP contribution >= 0.6 is 12.4 Å². The van der Waals surface area contributed by atoms with E-state index in [1.54, 1.807) is 0 Å². The number of methoxy groups -OCH3 is 1. The molecule has 1 aliphatic heterocycles. The van der Waals surface area contributed by atoms with Crippen LogP contribution in [-0.2, 0) is 4.79 Å². The summed E-state index contributed by atoms with van der Waals surface area (Å²) < 4.78 is 32.1. The van der Waals surface area contributed by atoms with E-state index in [1.165, 1.54) is 7.11 Å². The van der Waals surface area contributed by atoms with Crippen LogP contribution < -0.4 is 15.4 Å². The van der Waals surface area contributed by atoms with Crippen molar-refractivity contribution in [2.24, 2.45) is 11.3 Å². The van der Waals surface area contributed by atoms with E-state index in [2.05, 4.69) is 10.6 Å². The van der Waals surface area contributed by atoms with E-state index in [9.17, 15) is 13.6 Å². The highest BCUT2D eigenvalue weighted by molar-refractivity contribution is 5.95. The van der Waals surface area contributed by atoms with Crippen LogP contribution in [0.2, 0.25) is 0 Å². The third-order valence-electron chi connectivity index (χ3n) is 4.60. The highest BCUT2D eigenvalue weighted by Crippen LogP contribution is 2.58. The second-order valence-electron chi connectivity index (χ2n) is 5.82. The lowest BCUT2D eigenvalue weighted by Gasteiger charge is -2.23. The Kier molecular flexibility index (Phi) is 4.92. The number of carbonyl (C=O) groups is 1. The largest absolute Gasteiger partial charge is 0.494 e. The second-order valence-corrected chi connectivity index (χ2v) is 5.82. The summed E-state index contributed by atoms with van der Waals surface area (Å²) in [6.07, 6.45) is 2.76. The van der Waals surface area contributed by atoms with E-state index in [-0.39, 0.29) is 41.1 Å². The maximum Gasteiger partial charge on any atom is 0.228 e. The molecule has 1 saturated heterocycles. The lowest BCUT2D eigenvalue weighted by molar-refractivity contribution is -0.118. The van der Waals surface area contributed by atoms with Crippen LogP contribution in [0.3, 0.4) is 0 Å². The summed E-state index contributed by atoms with van der Waals surface area (Å²) in [5, 5.41) is 5.77. The summed E-state index contributed by atoms with van der Waals surface area (Å²) in [6.45, 7) is 1.82. The molecule has 1 aliphatic carbocycles. The Bertz CT molecular complexity index is 577. The standard InChI is InChI=1S/C15H18F2N2O2.ClH/c1-21-13-7-10(16)12(6-11(13)17)19-14(20)9-8-15(9)2-4-18-5-3-15;/h6-7,9,18H,2-5,8H2,1H3,(H,19,20);1H. The fourth-order valence-electron chi connectivity index (χ4n) is 3.20. The minimum Gasteiger partial charge on any atom is -0.494 e. The molecule has 22 heavy (non-hydrogen) atoms. The molecule has 3 rings (SSSR count). The summed E-state index contributed by atoms with van der Waals surface area (Å²) in [5.41, 5.74) is -0.0640. The summed E-state index contributed by atoms with van der Waals surface area (Å²) in [7, 11) is 1.27. The Morgan fingerprint density at radius 1 is 1.32 bits per heavy atom. The number of carbonyl (C=O) groups excluding carboxylic acids is 1. The molecule has 1 amide bonds. The minimum absolute atomic E-state index is 0. The third kappa shape index (κ3) is 3.03. The van der Waals surface area contributed by atoms with Gasteiger partial charge in [-0.15, -0.1) is 12.4 Å². The molecule has 4 nitrogen and oxygen atoms in total. The zero-order valence-electron chi connectivity index (χ0n) is 12.2. The van der Waals surface area contributed by atoms with Crippen molar-refractivity contribution in [3.8, 4) is 5.75 Å². The van der Waals surface area contributed by atoms with Crippen LogP contribution in [0.4, 0.5) is 14.5 Å². The van der Waals surface area contributed by atoms with Crippen LogP contribution in [0.15, 0.2) is 12.1 Å². The number of ether oxygens (including phenoxy) is 1. The molecule has 0 radical (unpaired) electrons. The van der Waals surface area contributed by atoms with Gasteiger partial charge in [0.25, 0.3) is 0 Å².